The number of carbonyl (C=O) groups is 1. The van der Waals surface area contributed by atoms with Crippen molar-refractivity contribution in [1.82, 2.24) is 15.1 Å². The number of amides is 1. The SMILES string of the molecule is CC(C)(C)NC(=O)CN1CCCN(Cc2cc(C#N)ccc2F)CC1. The van der Waals surface area contributed by atoms with Crippen LogP contribution in [-0.2, 0) is 11.3 Å². The summed E-state index contributed by atoms with van der Waals surface area (Å²) in [6.07, 6.45) is 0.933. The average Bonchev–Trinajstić information content (AvgIpc) is 2.73. The molecule has 1 aromatic carbocycles. The Morgan fingerprint density at radius 3 is 2.60 bits per heavy atom. The van der Waals surface area contributed by atoms with Crippen LogP contribution < -0.4 is 5.32 Å². The van der Waals surface area contributed by atoms with Gasteiger partial charge in [-0.2, -0.15) is 5.26 Å². The van der Waals surface area contributed by atoms with Crippen molar-refractivity contribution in [1.29, 1.82) is 5.26 Å². The Hall–Kier alpha value is -1.97. The van der Waals surface area contributed by atoms with E-state index >= 15 is 0 Å². The zero-order valence-electron chi connectivity index (χ0n) is 15.3. The highest BCUT2D eigenvalue weighted by Gasteiger charge is 2.20. The van der Waals surface area contributed by atoms with Gasteiger partial charge in [0.25, 0.3) is 0 Å². The Kier molecular flexibility index (Phi) is 6.51. The fourth-order valence-electron chi connectivity index (χ4n) is 3.01. The normalized spacial score (nSPS) is 16.9. The summed E-state index contributed by atoms with van der Waals surface area (Å²) in [6, 6.07) is 6.53. The van der Waals surface area contributed by atoms with Crippen molar-refractivity contribution >= 4 is 5.91 Å². The van der Waals surface area contributed by atoms with Crippen LogP contribution in [0.5, 0.6) is 0 Å². The summed E-state index contributed by atoms with van der Waals surface area (Å²) in [4.78, 5) is 16.4. The molecule has 0 saturated carbocycles. The number of hydrogen-bond acceptors (Lipinski definition) is 4. The highest BCUT2D eigenvalue weighted by atomic mass is 19.1. The monoisotopic (exact) mass is 346 g/mol. The summed E-state index contributed by atoms with van der Waals surface area (Å²) >= 11 is 0. The topological polar surface area (TPSA) is 59.4 Å². The number of nitriles is 1. The lowest BCUT2D eigenvalue weighted by Gasteiger charge is -2.25. The summed E-state index contributed by atoms with van der Waals surface area (Å²) in [5.41, 5.74) is 0.808. The molecule has 1 amide bonds. The first kappa shape index (κ1) is 19.4. The van der Waals surface area contributed by atoms with E-state index < -0.39 is 0 Å². The maximum absolute atomic E-state index is 14.0. The predicted octanol–water partition coefficient (Wildman–Crippen LogP) is 2.12. The van der Waals surface area contributed by atoms with Crippen LogP contribution in [-0.4, -0.2) is 54.0 Å². The summed E-state index contributed by atoms with van der Waals surface area (Å²) in [5, 5.41) is 12.0. The van der Waals surface area contributed by atoms with Crippen molar-refractivity contribution in [3.63, 3.8) is 0 Å². The molecule has 0 spiro atoms. The van der Waals surface area contributed by atoms with E-state index in [0.717, 1.165) is 32.6 Å². The Labute approximate surface area is 149 Å². The number of benzene rings is 1. The second kappa shape index (κ2) is 8.41. The first-order chi connectivity index (χ1) is 11.8. The van der Waals surface area contributed by atoms with Crippen molar-refractivity contribution in [2.24, 2.45) is 0 Å². The number of hydrogen-bond donors (Lipinski definition) is 1. The summed E-state index contributed by atoms with van der Waals surface area (Å²) in [5.74, 6) is -0.238. The largest absolute Gasteiger partial charge is 0.350 e. The maximum atomic E-state index is 14.0. The van der Waals surface area contributed by atoms with Gasteiger partial charge in [-0.1, -0.05) is 0 Å². The summed E-state index contributed by atoms with van der Waals surface area (Å²) in [7, 11) is 0. The fraction of sp³-hybridized carbons (Fsp3) is 0.579. The Balaban J connectivity index is 1.89. The van der Waals surface area contributed by atoms with Gasteiger partial charge in [0.1, 0.15) is 5.82 Å². The van der Waals surface area contributed by atoms with E-state index in [2.05, 4.69) is 21.2 Å². The van der Waals surface area contributed by atoms with E-state index in [4.69, 9.17) is 5.26 Å². The minimum Gasteiger partial charge on any atom is -0.350 e. The number of halogens is 1. The standard InChI is InChI=1S/C19H27FN4O/c1-19(2,3)22-18(25)14-24-8-4-7-23(9-10-24)13-16-11-15(12-21)5-6-17(16)20/h5-6,11H,4,7-10,13-14H2,1-3H3,(H,22,25). The van der Waals surface area contributed by atoms with Crippen LogP contribution in [0.2, 0.25) is 0 Å². The van der Waals surface area contributed by atoms with E-state index in [9.17, 15) is 9.18 Å². The molecule has 1 aromatic rings. The van der Waals surface area contributed by atoms with E-state index in [1.54, 1.807) is 6.07 Å². The number of carbonyl (C=O) groups excluding carboxylic acids is 1. The van der Waals surface area contributed by atoms with E-state index in [-0.39, 0.29) is 17.3 Å². The van der Waals surface area contributed by atoms with E-state index in [1.807, 2.05) is 20.8 Å². The van der Waals surface area contributed by atoms with Crippen molar-refractivity contribution in [3.8, 4) is 6.07 Å². The molecule has 1 fully saturated rings. The third-order valence-electron chi connectivity index (χ3n) is 4.13. The van der Waals surface area contributed by atoms with Crippen LogP contribution in [0.25, 0.3) is 0 Å². The molecular weight excluding hydrogens is 319 g/mol. The van der Waals surface area contributed by atoms with Gasteiger partial charge in [0.15, 0.2) is 0 Å². The number of nitrogens with one attached hydrogen (secondary N) is 1. The highest BCUT2D eigenvalue weighted by Crippen LogP contribution is 2.14. The van der Waals surface area contributed by atoms with Crippen molar-refractivity contribution in [2.75, 3.05) is 32.7 Å². The van der Waals surface area contributed by atoms with Gasteiger partial charge in [-0.15, -0.1) is 0 Å². The highest BCUT2D eigenvalue weighted by molar-refractivity contribution is 5.78. The maximum Gasteiger partial charge on any atom is 0.234 e. The second-order valence-corrected chi connectivity index (χ2v) is 7.62. The number of nitrogens with zero attached hydrogens (tertiary/aromatic N) is 3. The van der Waals surface area contributed by atoms with Crippen LogP contribution in [0.3, 0.4) is 0 Å². The van der Waals surface area contributed by atoms with Gasteiger partial charge in [-0.3, -0.25) is 14.6 Å². The molecule has 0 aromatic heterocycles. The third-order valence-corrected chi connectivity index (χ3v) is 4.13. The smallest absolute Gasteiger partial charge is 0.234 e. The zero-order chi connectivity index (χ0) is 18.4. The van der Waals surface area contributed by atoms with Crippen molar-refractivity contribution in [2.45, 2.75) is 39.3 Å². The van der Waals surface area contributed by atoms with Gasteiger partial charge in [0.05, 0.1) is 18.2 Å². The van der Waals surface area contributed by atoms with Crippen LogP contribution in [0.1, 0.15) is 38.3 Å². The summed E-state index contributed by atoms with van der Waals surface area (Å²) in [6.45, 7) is 10.1. The van der Waals surface area contributed by atoms with Gasteiger partial charge in [0.2, 0.25) is 5.91 Å². The molecule has 136 valence electrons. The van der Waals surface area contributed by atoms with Gasteiger partial charge in [-0.05, 0) is 58.5 Å². The van der Waals surface area contributed by atoms with Gasteiger partial charge >= 0.3 is 0 Å². The molecule has 1 aliphatic heterocycles. The molecular formula is C19H27FN4O. The molecule has 25 heavy (non-hydrogen) atoms. The fourth-order valence-corrected chi connectivity index (χ4v) is 3.01. The Morgan fingerprint density at radius 2 is 1.92 bits per heavy atom. The zero-order valence-corrected chi connectivity index (χ0v) is 15.3. The van der Waals surface area contributed by atoms with E-state index in [1.165, 1.54) is 12.1 Å². The molecule has 0 bridgehead atoms. The van der Waals surface area contributed by atoms with Gasteiger partial charge in [0, 0.05) is 30.7 Å². The third kappa shape index (κ3) is 6.45. The quantitative estimate of drug-likeness (QED) is 0.907. The number of rotatable bonds is 4. The van der Waals surface area contributed by atoms with Crippen LogP contribution in [0, 0.1) is 17.1 Å². The van der Waals surface area contributed by atoms with Gasteiger partial charge in [-0.25, -0.2) is 4.39 Å². The van der Waals surface area contributed by atoms with Crippen LogP contribution in [0.15, 0.2) is 18.2 Å². The van der Waals surface area contributed by atoms with E-state index in [0.29, 0.717) is 24.2 Å². The molecule has 0 aliphatic carbocycles. The molecule has 0 unspecified atom stereocenters. The van der Waals surface area contributed by atoms with Crippen molar-refractivity contribution < 1.29 is 9.18 Å². The lowest BCUT2D eigenvalue weighted by molar-refractivity contribution is -0.123. The van der Waals surface area contributed by atoms with Crippen LogP contribution >= 0.6 is 0 Å². The Morgan fingerprint density at radius 1 is 1.24 bits per heavy atom. The first-order valence-electron chi connectivity index (χ1n) is 8.71. The molecule has 1 aliphatic rings. The minimum atomic E-state index is -0.273. The van der Waals surface area contributed by atoms with Gasteiger partial charge < -0.3 is 5.32 Å². The molecule has 2 rings (SSSR count). The molecule has 5 nitrogen and oxygen atoms in total. The lowest BCUT2D eigenvalue weighted by Crippen LogP contribution is -2.46. The molecule has 1 saturated heterocycles. The van der Waals surface area contributed by atoms with Crippen molar-refractivity contribution in [3.05, 3.63) is 35.1 Å². The summed E-state index contributed by atoms with van der Waals surface area (Å²) < 4.78 is 14.0. The molecule has 0 atom stereocenters. The molecule has 1 heterocycles. The molecule has 6 heteroatoms. The Bertz CT molecular complexity index is 648. The average molecular weight is 346 g/mol. The lowest BCUT2D eigenvalue weighted by atomic mass is 10.1. The molecule has 1 N–H and O–H groups in total. The minimum absolute atomic E-state index is 0.0358. The molecule has 0 radical (unpaired) electrons. The first-order valence-corrected chi connectivity index (χ1v) is 8.71. The van der Waals surface area contributed by atoms with Crippen LogP contribution in [0.4, 0.5) is 4.39 Å². The second-order valence-electron chi connectivity index (χ2n) is 7.62. The predicted molar refractivity (Wildman–Crippen MR) is 95.3 cm³/mol.